The van der Waals surface area contributed by atoms with E-state index in [0.29, 0.717) is 17.9 Å². The van der Waals surface area contributed by atoms with Crippen LogP contribution in [0.2, 0.25) is 0 Å². The predicted molar refractivity (Wildman–Crippen MR) is 95.9 cm³/mol. The molecular weight excluding hydrogens is 300 g/mol. The first kappa shape index (κ1) is 17.5. The van der Waals surface area contributed by atoms with Crippen LogP contribution in [0, 0.1) is 11.8 Å². The molecule has 2 saturated carbocycles. The topological polar surface area (TPSA) is 72.9 Å². The van der Waals surface area contributed by atoms with E-state index in [2.05, 4.69) is 38.1 Å². The normalized spacial score (nSPS) is 30.2. The van der Waals surface area contributed by atoms with Gasteiger partial charge in [-0.05, 0) is 64.7 Å². The number of hydrogen-bond acceptors (Lipinski definition) is 3. The maximum Gasteiger partial charge on any atom is 0.254 e. The maximum absolute atomic E-state index is 12.9. The summed E-state index contributed by atoms with van der Waals surface area (Å²) in [6.07, 6.45) is 8.30. The number of carbonyl (C=O) groups is 1. The maximum atomic E-state index is 12.9. The Morgan fingerprint density at radius 1 is 1.33 bits per heavy atom. The average Bonchev–Trinajstić information content (AvgIpc) is 2.92. The van der Waals surface area contributed by atoms with Gasteiger partial charge in [0.05, 0.1) is 23.0 Å². The average molecular weight is 332 g/mol. The zero-order chi connectivity index (χ0) is 17.5. The minimum atomic E-state index is -0.113. The summed E-state index contributed by atoms with van der Waals surface area (Å²) >= 11 is 0. The van der Waals surface area contributed by atoms with Crippen LogP contribution in [0.15, 0.2) is 6.20 Å². The summed E-state index contributed by atoms with van der Waals surface area (Å²) in [4.78, 5) is 12.9. The molecule has 1 aromatic heterocycles. The number of fused-ring (bicyclic) bond motifs is 2. The van der Waals surface area contributed by atoms with Gasteiger partial charge in [0, 0.05) is 12.1 Å². The summed E-state index contributed by atoms with van der Waals surface area (Å²) in [5, 5.41) is 7.84. The number of rotatable bonds is 3. The fraction of sp³-hybridized carbons (Fsp3) is 0.789. The predicted octanol–water partition coefficient (Wildman–Crippen LogP) is 2.84. The van der Waals surface area contributed by atoms with Gasteiger partial charge < -0.3 is 11.1 Å². The summed E-state index contributed by atoms with van der Waals surface area (Å²) in [5.74, 6) is 1.12. The largest absolute Gasteiger partial charge is 0.349 e. The lowest BCUT2D eigenvalue weighted by Gasteiger charge is -2.45. The lowest BCUT2D eigenvalue weighted by atomic mass is 9.67. The second kappa shape index (κ2) is 6.51. The molecule has 0 aromatic carbocycles. The fourth-order valence-corrected chi connectivity index (χ4v) is 4.74. The SMILES string of the molecule is CCc1c(C(=O)NC2C3CCCC2CC(N)C3)cnn1C(C)(C)C. The molecule has 0 aliphatic heterocycles. The Kier molecular flexibility index (Phi) is 4.73. The van der Waals surface area contributed by atoms with Crippen molar-refractivity contribution in [2.45, 2.75) is 83.8 Å². The van der Waals surface area contributed by atoms with E-state index in [0.717, 1.165) is 30.5 Å². The highest BCUT2D eigenvalue weighted by atomic mass is 16.1. The van der Waals surface area contributed by atoms with Crippen molar-refractivity contribution in [3.05, 3.63) is 17.5 Å². The molecule has 2 aliphatic carbocycles. The number of carbonyl (C=O) groups excluding carboxylic acids is 1. The molecule has 134 valence electrons. The van der Waals surface area contributed by atoms with Crippen molar-refractivity contribution >= 4 is 5.91 Å². The Morgan fingerprint density at radius 2 is 1.96 bits per heavy atom. The third kappa shape index (κ3) is 3.23. The van der Waals surface area contributed by atoms with Crippen LogP contribution in [0.1, 0.15) is 75.9 Å². The van der Waals surface area contributed by atoms with E-state index >= 15 is 0 Å². The first-order valence-electron chi connectivity index (χ1n) is 9.45. The standard InChI is InChI=1S/C19H32N4O/c1-5-16-15(11-21-23(16)19(2,3)4)18(24)22-17-12-7-6-8-13(17)10-14(20)9-12/h11-14,17H,5-10,20H2,1-4H3,(H,22,24). The van der Waals surface area contributed by atoms with Gasteiger partial charge in [0.1, 0.15) is 0 Å². The van der Waals surface area contributed by atoms with E-state index < -0.39 is 0 Å². The van der Waals surface area contributed by atoms with E-state index in [1.807, 2.05) is 4.68 Å². The zero-order valence-electron chi connectivity index (χ0n) is 15.5. The third-order valence-corrected chi connectivity index (χ3v) is 5.76. The van der Waals surface area contributed by atoms with Gasteiger partial charge in [-0.1, -0.05) is 13.3 Å². The number of aromatic nitrogens is 2. The molecule has 0 radical (unpaired) electrons. The molecule has 0 saturated heterocycles. The lowest BCUT2D eigenvalue weighted by Crippen LogP contribution is -2.53. The number of amides is 1. The third-order valence-electron chi connectivity index (χ3n) is 5.76. The van der Waals surface area contributed by atoms with Crippen LogP contribution < -0.4 is 11.1 Å². The van der Waals surface area contributed by atoms with Gasteiger partial charge in [-0.15, -0.1) is 0 Å². The van der Waals surface area contributed by atoms with Gasteiger partial charge in [-0.2, -0.15) is 5.10 Å². The van der Waals surface area contributed by atoms with E-state index in [-0.39, 0.29) is 17.5 Å². The molecule has 1 amide bonds. The summed E-state index contributed by atoms with van der Waals surface area (Å²) in [6, 6.07) is 0.594. The van der Waals surface area contributed by atoms with Crippen LogP contribution in [0.25, 0.3) is 0 Å². The Balaban J connectivity index is 1.79. The molecule has 2 aliphatic rings. The molecule has 3 N–H and O–H groups in total. The molecule has 0 spiro atoms. The fourth-order valence-electron chi connectivity index (χ4n) is 4.74. The molecule has 2 fully saturated rings. The zero-order valence-corrected chi connectivity index (χ0v) is 15.5. The van der Waals surface area contributed by atoms with Gasteiger partial charge in [-0.3, -0.25) is 9.48 Å². The van der Waals surface area contributed by atoms with Crippen LogP contribution in [0.5, 0.6) is 0 Å². The quantitative estimate of drug-likeness (QED) is 0.894. The van der Waals surface area contributed by atoms with Crippen molar-refractivity contribution in [1.29, 1.82) is 0 Å². The molecule has 5 nitrogen and oxygen atoms in total. The Bertz CT molecular complexity index is 587. The number of hydrogen-bond donors (Lipinski definition) is 2. The molecule has 1 heterocycles. The Labute approximate surface area is 145 Å². The number of nitrogens with two attached hydrogens (primary N) is 1. The molecular formula is C19H32N4O. The minimum absolute atomic E-state index is 0.0414. The van der Waals surface area contributed by atoms with Crippen LogP contribution in [0.4, 0.5) is 0 Å². The summed E-state index contributed by atoms with van der Waals surface area (Å²) in [7, 11) is 0. The van der Waals surface area contributed by atoms with Crippen molar-refractivity contribution in [1.82, 2.24) is 15.1 Å². The second-order valence-electron chi connectivity index (χ2n) is 8.62. The smallest absolute Gasteiger partial charge is 0.254 e. The molecule has 5 heteroatoms. The number of nitrogens with zero attached hydrogens (tertiary/aromatic N) is 2. The molecule has 2 bridgehead atoms. The van der Waals surface area contributed by atoms with Gasteiger partial charge in [0.2, 0.25) is 0 Å². The van der Waals surface area contributed by atoms with Crippen molar-refractivity contribution in [3.63, 3.8) is 0 Å². The van der Waals surface area contributed by atoms with Crippen molar-refractivity contribution in [2.24, 2.45) is 17.6 Å². The van der Waals surface area contributed by atoms with E-state index in [1.54, 1.807) is 6.20 Å². The summed E-state index contributed by atoms with van der Waals surface area (Å²) in [5.41, 5.74) is 7.85. The molecule has 24 heavy (non-hydrogen) atoms. The van der Waals surface area contributed by atoms with Crippen LogP contribution in [0.3, 0.4) is 0 Å². The van der Waals surface area contributed by atoms with Gasteiger partial charge in [-0.25, -0.2) is 0 Å². The summed E-state index contributed by atoms with van der Waals surface area (Å²) < 4.78 is 1.99. The monoisotopic (exact) mass is 332 g/mol. The van der Waals surface area contributed by atoms with Gasteiger partial charge in [0.25, 0.3) is 5.91 Å². The molecule has 1 aromatic rings. The Hall–Kier alpha value is -1.36. The van der Waals surface area contributed by atoms with Gasteiger partial charge in [0.15, 0.2) is 0 Å². The van der Waals surface area contributed by atoms with E-state index in [4.69, 9.17) is 5.73 Å². The van der Waals surface area contributed by atoms with Crippen LogP contribution in [-0.4, -0.2) is 27.8 Å². The molecule has 3 rings (SSSR count). The van der Waals surface area contributed by atoms with Crippen molar-refractivity contribution < 1.29 is 4.79 Å². The highest BCUT2D eigenvalue weighted by Gasteiger charge is 2.40. The summed E-state index contributed by atoms with van der Waals surface area (Å²) in [6.45, 7) is 8.44. The first-order valence-corrected chi connectivity index (χ1v) is 9.45. The number of nitrogens with one attached hydrogen (secondary N) is 1. The lowest BCUT2D eigenvalue weighted by molar-refractivity contribution is 0.0755. The van der Waals surface area contributed by atoms with Crippen LogP contribution >= 0.6 is 0 Å². The molecule has 2 unspecified atom stereocenters. The minimum Gasteiger partial charge on any atom is -0.349 e. The van der Waals surface area contributed by atoms with Crippen molar-refractivity contribution in [2.75, 3.05) is 0 Å². The molecule has 2 atom stereocenters. The van der Waals surface area contributed by atoms with Crippen molar-refractivity contribution in [3.8, 4) is 0 Å². The van der Waals surface area contributed by atoms with E-state index in [9.17, 15) is 4.79 Å². The highest BCUT2D eigenvalue weighted by Crippen LogP contribution is 2.39. The van der Waals surface area contributed by atoms with Crippen LogP contribution in [-0.2, 0) is 12.0 Å². The van der Waals surface area contributed by atoms with Gasteiger partial charge >= 0.3 is 0 Å². The van der Waals surface area contributed by atoms with E-state index in [1.165, 1.54) is 19.3 Å². The second-order valence-corrected chi connectivity index (χ2v) is 8.62. The first-order chi connectivity index (χ1) is 11.3. The Morgan fingerprint density at radius 3 is 2.50 bits per heavy atom. The highest BCUT2D eigenvalue weighted by molar-refractivity contribution is 5.95.